The van der Waals surface area contributed by atoms with Crippen LogP contribution in [0.1, 0.15) is 32.0 Å². The summed E-state index contributed by atoms with van der Waals surface area (Å²) in [6.45, 7) is 1.87. The normalized spacial score (nSPS) is 10.7. The van der Waals surface area contributed by atoms with Crippen LogP contribution in [-0.2, 0) is 6.54 Å². The lowest BCUT2D eigenvalue weighted by Crippen LogP contribution is -2.27. The minimum Gasteiger partial charge on any atom is -0.360 e. The van der Waals surface area contributed by atoms with Crippen molar-refractivity contribution in [1.82, 2.24) is 15.4 Å². The maximum atomic E-state index is 14.3. The molecule has 0 spiro atoms. The summed E-state index contributed by atoms with van der Waals surface area (Å²) in [4.78, 5) is 26.2. The highest BCUT2D eigenvalue weighted by atomic mass is 35.5. The molecule has 3 aromatic rings. The van der Waals surface area contributed by atoms with E-state index in [1.807, 2.05) is 0 Å². The summed E-state index contributed by atoms with van der Waals surface area (Å²) in [7, 11) is 3.18. The van der Waals surface area contributed by atoms with E-state index in [1.165, 1.54) is 23.1 Å². The molecule has 150 valence electrons. The van der Waals surface area contributed by atoms with Gasteiger partial charge in [0, 0.05) is 26.2 Å². The van der Waals surface area contributed by atoms with Gasteiger partial charge in [0.2, 0.25) is 0 Å². The summed E-state index contributed by atoms with van der Waals surface area (Å²) in [5.74, 6) is -0.889. The Hall–Kier alpha value is -3.19. The molecule has 0 bridgehead atoms. The number of carbonyl (C=O) groups is 2. The predicted molar refractivity (Wildman–Crippen MR) is 107 cm³/mol. The Balaban J connectivity index is 1.87. The van der Waals surface area contributed by atoms with Crippen molar-refractivity contribution >= 4 is 23.4 Å². The van der Waals surface area contributed by atoms with Crippen LogP contribution >= 0.6 is 11.6 Å². The second kappa shape index (κ2) is 8.45. The second-order valence-corrected chi connectivity index (χ2v) is 6.90. The Morgan fingerprint density at radius 3 is 2.52 bits per heavy atom. The number of nitrogens with one attached hydrogen (secondary N) is 1. The van der Waals surface area contributed by atoms with E-state index in [1.54, 1.807) is 45.3 Å². The number of halogens is 2. The fraction of sp³-hybridized carbons (Fsp3) is 0.190. The summed E-state index contributed by atoms with van der Waals surface area (Å²) >= 11 is 6.13. The van der Waals surface area contributed by atoms with Crippen molar-refractivity contribution in [3.63, 3.8) is 0 Å². The molecule has 0 aliphatic carbocycles. The van der Waals surface area contributed by atoms with Gasteiger partial charge in [0.15, 0.2) is 0 Å². The lowest BCUT2D eigenvalue weighted by molar-refractivity contribution is 0.0783. The summed E-state index contributed by atoms with van der Waals surface area (Å²) < 4.78 is 19.5. The third-order valence-electron chi connectivity index (χ3n) is 4.49. The highest BCUT2D eigenvalue weighted by Gasteiger charge is 2.27. The topological polar surface area (TPSA) is 75.4 Å². The summed E-state index contributed by atoms with van der Waals surface area (Å²) in [6, 6.07) is 11.1. The van der Waals surface area contributed by atoms with Crippen molar-refractivity contribution in [3.8, 4) is 11.3 Å². The van der Waals surface area contributed by atoms with Gasteiger partial charge in [-0.2, -0.15) is 0 Å². The molecular formula is C21H19ClFN3O3. The fourth-order valence-electron chi connectivity index (χ4n) is 2.96. The van der Waals surface area contributed by atoms with Crippen LogP contribution in [0.25, 0.3) is 11.3 Å². The molecule has 0 radical (unpaired) electrons. The minimum atomic E-state index is -0.590. The molecule has 6 nitrogen and oxygen atoms in total. The monoisotopic (exact) mass is 415 g/mol. The number of nitrogens with zero attached hydrogens (tertiary/aromatic N) is 2. The van der Waals surface area contributed by atoms with Gasteiger partial charge in [-0.05, 0) is 36.8 Å². The van der Waals surface area contributed by atoms with Crippen LogP contribution in [0.5, 0.6) is 0 Å². The first kappa shape index (κ1) is 20.5. The molecule has 29 heavy (non-hydrogen) atoms. The fourth-order valence-corrected chi connectivity index (χ4v) is 3.21. The van der Waals surface area contributed by atoms with Gasteiger partial charge in [0.25, 0.3) is 11.8 Å². The number of hydrogen-bond donors (Lipinski definition) is 1. The number of aromatic nitrogens is 1. The lowest BCUT2D eigenvalue weighted by Gasteiger charge is -2.18. The zero-order valence-corrected chi connectivity index (χ0v) is 16.9. The lowest BCUT2D eigenvalue weighted by atomic mass is 10.0. The van der Waals surface area contributed by atoms with Gasteiger partial charge in [-0.3, -0.25) is 9.59 Å². The van der Waals surface area contributed by atoms with Gasteiger partial charge < -0.3 is 14.7 Å². The van der Waals surface area contributed by atoms with Gasteiger partial charge in [-0.15, -0.1) is 0 Å². The first-order valence-electron chi connectivity index (χ1n) is 8.80. The first-order valence-corrected chi connectivity index (χ1v) is 9.18. The molecular weight excluding hydrogens is 397 g/mol. The van der Waals surface area contributed by atoms with Crippen LogP contribution in [-0.4, -0.2) is 36.0 Å². The second-order valence-electron chi connectivity index (χ2n) is 6.50. The van der Waals surface area contributed by atoms with E-state index in [0.717, 1.165) is 5.56 Å². The van der Waals surface area contributed by atoms with E-state index in [-0.39, 0.29) is 46.0 Å². The number of hydrogen-bond acceptors (Lipinski definition) is 4. The zero-order chi connectivity index (χ0) is 21.1. The molecule has 0 aliphatic heterocycles. The predicted octanol–water partition coefficient (Wildman–Crippen LogP) is 4.07. The van der Waals surface area contributed by atoms with Crippen molar-refractivity contribution in [3.05, 3.63) is 75.8 Å². The van der Waals surface area contributed by atoms with Crippen molar-refractivity contribution in [2.45, 2.75) is 13.5 Å². The molecule has 0 aliphatic rings. The molecule has 0 fully saturated rings. The number of carbonyl (C=O) groups excluding carboxylic acids is 2. The number of benzene rings is 2. The van der Waals surface area contributed by atoms with Crippen LogP contribution in [0, 0.1) is 12.7 Å². The SMILES string of the molecule is CNC(=O)c1ccc(CN(C)C(=O)c2c(-c3c(F)cccc3Cl)noc2C)cc1. The molecule has 3 rings (SSSR count). The van der Waals surface area contributed by atoms with Crippen molar-refractivity contribution in [2.24, 2.45) is 0 Å². The van der Waals surface area contributed by atoms with Crippen LogP contribution in [0.2, 0.25) is 5.02 Å². The zero-order valence-electron chi connectivity index (χ0n) is 16.1. The number of amides is 2. The third kappa shape index (κ3) is 4.14. The van der Waals surface area contributed by atoms with Gasteiger partial charge in [0.05, 0.1) is 10.6 Å². The Bertz CT molecular complexity index is 1040. The van der Waals surface area contributed by atoms with Gasteiger partial charge in [0.1, 0.15) is 22.8 Å². The molecule has 1 heterocycles. The Morgan fingerprint density at radius 2 is 1.90 bits per heavy atom. The molecule has 1 aromatic heterocycles. The standard InChI is InChI=1S/C21H19ClFN3O3/c1-12-17(19(25-29-12)18-15(22)5-4-6-16(18)23)21(28)26(3)11-13-7-9-14(10-8-13)20(27)24-2/h4-10H,11H2,1-3H3,(H,24,27). The van der Waals surface area contributed by atoms with Crippen LogP contribution in [0.3, 0.4) is 0 Å². The minimum absolute atomic E-state index is 0.0256. The molecule has 2 aromatic carbocycles. The maximum Gasteiger partial charge on any atom is 0.259 e. The van der Waals surface area contributed by atoms with Gasteiger partial charge >= 0.3 is 0 Å². The van der Waals surface area contributed by atoms with Gasteiger partial charge in [-0.1, -0.05) is 35.0 Å². The molecule has 1 N–H and O–H groups in total. The van der Waals surface area contributed by atoms with Gasteiger partial charge in [-0.25, -0.2) is 4.39 Å². The van der Waals surface area contributed by atoms with Crippen LogP contribution in [0.4, 0.5) is 4.39 Å². The molecule has 2 amide bonds. The number of aryl methyl sites for hydroxylation is 1. The third-order valence-corrected chi connectivity index (χ3v) is 4.80. The average molecular weight is 416 g/mol. The van der Waals surface area contributed by atoms with Crippen molar-refractivity contribution in [1.29, 1.82) is 0 Å². The smallest absolute Gasteiger partial charge is 0.259 e. The van der Waals surface area contributed by atoms with Crippen molar-refractivity contribution < 1.29 is 18.5 Å². The van der Waals surface area contributed by atoms with E-state index in [4.69, 9.17) is 16.1 Å². The van der Waals surface area contributed by atoms with E-state index in [9.17, 15) is 14.0 Å². The Kier molecular flexibility index (Phi) is 5.98. The molecule has 0 atom stereocenters. The van der Waals surface area contributed by atoms with E-state index in [0.29, 0.717) is 5.56 Å². The largest absolute Gasteiger partial charge is 0.360 e. The average Bonchev–Trinajstić information content (AvgIpc) is 3.08. The Morgan fingerprint density at radius 1 is 1.21 bits per heavy atom. The van der Waals surface area contributed by atoms with Crippen LogP contribution < -0.4 is 5.32 Å². The van der Waals surface area contributed by atoms with E-state index in [2.05, 4.69) is 10.5 Å². The Labute approximate surface area is 172 Å². The highest BCUT2D eigenvalue weighted by molar-refractivity contribution is 6.33. The molecule has 8 heteroatoms. The molecule has 0 saturated carbocycles. The molecule has 0 unspecified atom stereocenters. The summed E-state index contributed by atoms with van der Waals surface area (Å²) in [5, 5.41) is 6.56. The quantitative estimate of drug-likeness (QED) is 0.681. The summed E-state index contributed by atoms with van der Waals surface area (Å²) in [5.41, 5.74) is 1.60. The summed E-state index contributed by atoms with van der Waals surface area (Å²) in [6.07, 6.45) is 0. The van der Waals surface area contributed by atoms with Crippen molar-refractivity contribution in [2.75, 3.05) is 14.1 Å². The first-order chi connectivity index (χ1) is 13.8. The van der Waals surface area contributed by atoms with E-state index >= 15 is 0 Å². The maximum absolute atomic E-state index is 14.3. The number of rotatable bonds is 5. The van der Waals surface area contributed by atoms with E-state index < -0.39 is 5.82 Å². The van der Waals surface area contributed by atoms with Crippen LogP contribution in [0.15, 0.2) is 47.0 Å². The molecule has 0 saturated heterocycles. The highest BCUT2D eigenvalue weighted by Crippen LogP contribution is 2.34.